The van der Waals surface area contributed by atoms with Crippen molar-refractivity contribution in [1.82, 2.24) is 0 Å². The van der Waals surface area contributed by atoms with E-state index in [1.807, 2.05) is 0 Å². The summed E-state index contributed by atoms with van der Waals surface area (Å²) in [5, 5.41) is 0. The van der Waals surface area contributed by atoms with E-state index in [9.17, 15) is 12.7 Å². The summed E-state index contributed by atoms with van der Waals surface area (Å²) in [7, 11) is 0. The number of nitrogens with two attached hydrogens (primary N) is 1. The highest BCUT2D eigenvalue weighted by Gasteiger charge is 2.13. The first-order valence-corrected chi connectivity index (χ1v) is 4.93. The second-order valence-electron chi connectivity index (χ2n) is 2.88. The van der Waals surface area contributed by atoms with E-state index in [1.54, 1.807) is 0 Å². The minimum atomic E-state index is -1.33. The largest absolute Gasteiger partial charge is 0.397 e. The van der Waals surface area contributed by atoms with Crippen LogP contribution in [0.1, 0.15) is 0 Å². The van der Waals surface area contributed by atoms with Crippen LogP contribution in [0.2, 0.25) is 0 Å². The molecule has 0 aromatic carbocycles. The first kappa shape index (κ1) is 15.3. The van der Waals surface area contributed by atoms with Gasteiger partial charge in [-0.15, -0.1) is 0 Å². The summed E-state index contributed by atoms with van der Waals surface area (Å²) in [6, 6.07) is 0. The summed E-state index contributed by atoms with van der Waals surface area (Å²) >= 11 is -0.130. The molecule has 0 atom stereocenters. The van der Waals surface area contributed by atoms with Gasteiger partial charge in [0.1, 0.15) is 0 Å². The molecule has 6 heteroatoms. The average molecular weight is 260 g/mol. The van der Waals surface area contributed by atoms with Crippen LogP contribution in [0.5, 0.6) is 0 Å². The van der Waals surface area contributed by atoms with E-state index < -0.39 is 22.9 Å². The van der Waals surface area contributed by atoms with Crippen LogP contribution in [-0.4, -0.2) is 6.21 Å². The van der Waals surface area contributed by atoms with Crippen molar-refractivity contribution in [1.29, 1.82) is 0 Å². The predicted molar refractivity (Wildman–Crippen MR) is 67.2 cm³/mol. The van der Waals surface area contributed by atoms with Gasteiger partial charge in [0.15, 0.2) is 11.7 Å². The zero-order valence-corrected chi connectivity index (χ0v) is 9.79. The van der Waals surface area contributed by atoms with Gasteiger partial charge in [0.2, 0.25) is 0 Å². The highest BCUT2D eigenvalue weighted by atomic mass is 32.2. The lowest BCUT2D eigenvalue weighted by molar-refractivity contribution is 0.556. The fraction of sp³-hybridized carbons (Fsp3) is 0. The fourth-order valence-corrected chi connectivity index (χ4v) is 0.740. The van der Waals surface area contributed by atoms with Crippen LogP contribution in [0.15, 0.2) is 64.8 Å². The number of allylic oxidation sites excluding steroid dienone is 3. The normalized spacial score (nSPS) is 12.2. The van der Waals surface area contributed by atoms with E-state index in [0.29, 0.717) is 0 Å². The molecular formula is C11H11F3N2S. The fourth-order valence-electron chi connectivity index (χ4n) is 0.648. The lowest BCUT2D eigenvalue weighted by Gasteiger charge is -2.04. The van der Waals surface area contributed by atoms with Crippen LogP contribution in [0.4, 0.5) is 12.7 Å². The van der Waals surface area contributed by atoms with Crippen molar-refractivity contribution in [2.75, 3.05) is 0 Å². The molecule has 2 N–H and O–H groups in total. The van der Waals surface area contributed by atoms with Crippen molar-refractivity contribution in [3.8, 4) is 0 Å². The summed E-state index contributed by atoms with van der Waals surface area (Å²) in [6.45, 7) is 12.9. The smallest absolute Gasteiger partial charge is 0.181 e. The average Bonchev–Trinajstić information content (AvgIpc) is 2.32. The Balaban J connectivity index is 4.91. The molecule has 0 saturated heterocycles. The first-order valence-electron chi connectivity index (χ1n) is 4.21. The molecule has 0 aromatic heterocycles. The molecule has 0 bridgehead atoms. The number of hydrogen-bond donors (Lipinski definition) is 1. The van der Waals surface area contributed by atoms with Gasteiger partial charge in [0.25, 0.3) is 0 Å². The van der Waals surface area contributed by atoms with Crippen LogP contribution in [0.3, 0.4) is 0 Å². The van der Waals surface area contributed by atoms with E-state index >= 15 is 0 Å². The van der Waals surface area contributed by atoms with Crippen LogP contribution in [0.25, 0.3) is 0 Å². The van der Waals surface area contributed by atoms with E-state index in [1.165, 1.54) is 0 Å². The quantitative estimate of drug-likeness (QED) is 0.581. The van der Waals surface area contributed by atoms with E-state index in [2.05, 4.69) is 31.3 Å². The van der Waals surface area contributed by atoms with E-state index in [4.69, 9.17) is 5.73 Å². The van der Waals surface area contributed by atoms with E-state index in [0.717, 1.165) is 6.21 Å². The summed E-state index contributed by atoms with van der Waals surface area (Å²) in [6.07, 6.45) is 1.01. The highest BCUT2D eigenvalue weighted by Crippen LogP contribution is 2.25. The monoisotopic (exact) mass is 260 g/mol. The van der Waals surface area contributed by atoms with Gasteiger partial charge in [0, 0.05) is 11.8 Å². The highest BCUT2D eigenvalue weighted by molar-refractivity contribution is 7.99. The van der Waals surface area contributed by atoms with Gasteiger partial charge >= 0.3 is 0 Å². The number of halogens is 3. The van der Waals surface area contributed by atoms with Crippen molar-refractivity contribution >= 4 is 18.4 Å². The molecule has 0 aliphatic rings. The van der Waals surface area contributed by atoms with Gasteiger partial charge in [-0.3, -0.25) is 4.99 Å². The molecule has 0 aromatic rings. The zero-order valence-electron chi connectivity index (χ0n) is 8.97. The van der Waals surface area contributed by atoms with Gasteiger partial charge in [-0.05, 0) is 0 Å². The standard InChI is InChI=1S/C11H11F3N2S/c1-6(17-14)5-16-9(4)7(2)10(12)11(13)8(3)15/h5H,1-4,15H2/b11-10-,16-5?. The molecular weight excluding hydrogens is 249 g/mol. The summed E-state index contributed by atoms with van der Waals surface area (Å²) in [4.78, 5) is 3.56. The zero-order chi connectivity index (χ0) is 13.6. The molecule has 2 nitrogen and oxygen atoms in total. The Bertz CT molecular complexity index is 436. The molecule has 0 aliphatic carbocycles. The minimum Gasteiger partial charge on any atom is -0.397 e. The Kier molecular flexibility index (Phi) is 6.12. The molecule has 92 valence electrons. The van der Waals surface area contributed by atoms with Gasteiger partial charge in [0.05, 0.1) is 28.4 Å². The summed E-state index contributed by atoms with van der Waals surface area (Å²) in [5.41, 5.74) is 3.84. The Morgan fingerprint density at radius 2 is 1.65 bits per heavy atom. The van der Waals surface area contributed by atoms with Gasteiger partial charge < -0.3 is 5.73 Å². The summed E-state index contributed by atoms with van der Waals surface area (Å²) < 4.78 is 38.3. The Hall–Kier alpha value is -1.69. The van der Waals surface area contributed by atoms with Gasteiger partial charge in [-0.1, -0.05) is 26.3 Å². The second-order valence-corrected chi connectivity index (χ2v) is 3.56. The van der Waals surface area contributed by atoms with Crippen molar-refractivity contribution in [3.63, 3.8) is 0 Å². The molecule has 0 unspecified atom stereocenters. The van der Waals surface area contributed by atoms with Crippen molar-refractivity contribution in [3.05, 3.63) is 59.8 Å². The van der Waals surface area contributed by atoms with Crippen molar-refractivity contribution < 1.29 is 12.7 Å². The molecule has 0 radical (unpaired) electrons. The molecule has 0 rings (SSSR count). The summed E-state index contributed by atoms with van der Waals surface area (Å²) in [5.74, 6) is -2.64. The van der Waals surface area contributed by atoms with Crippen molar-refractivity contribution in [2.24, 2.45) is 10.7 Å². The maximum Gasteiger partial charge on any atom is 0.181 e. The SMILES string of the molecule is C=C(C=NC(=C)C(=C)/C(F)=C(/F)C(=C)N)SF. The maximum atomic E-state index is 13.3. The molecule has 17 heavy (non-hydrogen) atoms. The van der Waals surface area contributed by atoms with Crippen LogP contribution in [0, 0.1) is 0 Å². The first-order chi connectivity index (χ1) is 7.81. The van der Waals surface area contributed by atoms with Crippen molar-refractivity contribution in [2.45, 2.75) is 0 Å². The third kappa shape index (κ3) is 4.78. The molecule has 0 saturated carbocycles. The minimum absolute atomic E-state index is 0.00737. The van der Waals surface area contributed by atoms with Crippen LogP contribution >= 0.6 is 12.1 Å². The third-order valence-electron chi connectivity index (χ3n) is 1.55. The molecule has 0 aliphatic heterocycles. The van der Waals surface area contributed by atoms with Gasteiger partial charge in [-0.25, -0.2) is 8.78 Å². The van der Waals surface area contributed by atoms with Crippen LogP contribution < -0.4 is 5.73 Å². The number of nitrogens with zero attached hydrogens (tertiary/aromatic N) is 1. The van der Waals surface area contributed by atoms with Gasteiger partial charge in [-0.2, -0.15) is 3.89 Å². The maximum absolute atomic E-state index is 13.3. The lowest BCUT2D eigenvalue weighted by Crippen LogP contribution is -1.99. The topological polar surface area (TPSA) is 38.4 Å². The number of aliphatic imine (C=N–C) groups is 1. The number of rotatable bonds is 6. The predicted octanol–water partition coefficient (Wildman–Crippen LogP) is 3.88. The Morgan fingerprint density at radius 3 is 2.06 bits per heavy atom. The molecule has 0 spiro atoms. The molecule has 0 fully saturated rings. The van der Waals surface area contributed by atoms with E-state index in [-0.39, 0.29) is 22.8 Å². The second kappa shape index (κ2) is 6.80. The lowest BCUT2D eigenvalue weighted by atomic mass is 10.2. The third-order valence-corrected chi connectivity index (χ3v) is 1.86. The molecule has 0 amide bonds. The Morgan fingerprint density at radius 1 is 1.12 bits per heavy atom. The Labute approximate surface area is 102 Å². The molecule has 0 heterocycles. The number of hydrogen-bond acceptors (Lipinski definition) is 3. The van der Waals surface area contributed by atoms with Crippen LogP contribution in [-0.2, 0) is 0 Å².